The van der Waals surface area contributed by atoms with Crippen molar-refractivity contribution in [1.29, 1.82) is 0 Å². The van der Waals surface area contributed by atoms with Crippen LogP contribution in [-0.2, 0) is 4.12 Å². The van der Waals surface area contributed by atoms with Gasteiger partial charge in [-0.15, -0.1) is 0 Å². The van der Waals surface area contributed by atoms with Crippen molar-refractivity contribution in [2.45, 2.75) is 32.1 Å². The Morgan fingerprint density at radius 1 is 1.30 bits per heavy atom. The third-order valence-electron chi connectivity index (χ3n) is 1.27. The fraction of sp³-hybridized carbons (Fsp3) is 1.00. The maximum absolute atomic E-state index is 5.80. The molecule has 0 spiro atoms. The smallest absolute Gasteiger partial charge is 0.159 e. The zero-order valence-corrected chi connectivity index (χ0v) is 10.3. The average Bonchev–Trinajstić information content (AvgIpc) is 1.82. The van der Waals surface area contributed by atoms with E-state index in [0.717, 1.165) is 5.75 Å². The fourth-order valence-electron chi connectivity index (χ4n) is 0.911. The number of hydrogen-bond donors (Lipinski definition) is 1. The van der Waals surface area contributed by atoms with Crippen molar-refractivity contribution in [2.24, 2.45) is 0 Å². The number of rotatable bonds is 5. The Kier molecular flexibility index (Phi) is 6.93. The molecule has 1 nitrogen and oxygen atoms in total. The van der Waals surface area contributed by atoms with Crippen molar-refractivity contribution in [3.63, 3.8) is 0 Å². The first-order chi connectivity index (χ1) is 4.66. The Morgan fingerprint density at radius 2 is 1.90 bits per heavy atom. The van der Waals surface area contributed by atoms with Crippen molar-refractivity contribution in [1.82, 2.24) is 0 Å². The molecule has 0 bridgehead atoms. The van der Waals surface area contributed by atoms with Crippen LogP contribution in [0.2, 0.25) is 25.7 Å². The molecule has 4 heteroatoms. The molecule has 0 amide bonds. The van der Waals surface area contributed by atoms with Gasteiger partial charge in [-0.2, -0.15) is 12.6 Å². The molecule has 0 heterocycles. The SMILES string of the molecule is C[SiH](C)O[SiH](C)CCCS. The van der Waals surface area contributed by atoms with Gasteiger partial charge in [-0.05, 0) is 37.9 Å². The Bertz CT molecular complexity index is 80.1. The summed E-state index contributed by atoms with van der Waals surface area (Å²) in [6.07, 6.45) is 1.23. The third kappa shape index (κ3) is 6.86. The van der Waals surface area contributed by atoms with E-state index in [9.17, 15) is 0 Å². The molecule has 0 saturated heterocycles. The normalized spacial score (nSPS) is 14.1. The standard InChI is InChI=1S/C6H18OSSi2/c1-9(2)7-10(3)6-4-5-8/h8-10H,4-6H2,1-3H3. The number of thiol groups is 1. The second-order valence-corrected chi connectivity index (χ2v) is 8.69. The highest BCUT2D eigenvalue weighted by molar-refractivity contribution is 7.80. The van der Waals surface area contributed by atoms with Gasteiger partial charge in [0.05, 0.1) is 0 Å². The van der Waals surface area contributed by atoms with Crippen LogP contribution in [0.1, 0.15) is 6.42 Å². The Hall–Kier alpha value is 0.744. The summed E-state index contributed by atoms with van der Waals surface area (Å²) in [4.78, 5) is 0. The first kappa shape index (κ1) is 10.7. The van der Waals surface area contributed by atoms with Crippen LogP contribution in [0.5, 0.6) is 0 Å². The quantitative estimate of drug-likeness (QED) is 0.517. The van der Waals surface area contributed by atoms with E-state index >= 15 is 0 Å². The minimum absolute atomic E-state index is 0.734. The Labute approximate surface area is 73.0 Å². The van der Waals surface area contributed by atoms with Crippen LogP contribution in [-0.4, -0.2) is 23.8 Å². The van der Waals surface area contributed by atoms with Gasteiger partial charge in [0.15, 0.2) is 18.1 Å². The molecule has 0 radical (unpaired) electrons. The van der Waals surface area contributed by atoms with Gasteiger partial charge in [-0.25, -0.2) is 0 Å². The van der Waals surface area contributed by atoms with Crippen molar-refractivity contribution in [3.8, 4) is 0 Å². The lowest BCUT2D eigenvalue weighted by molar-refractivity contribution is 0.596. The summed E-state index contributed by atoms with van der Waals surface area (Å²) in [6, 6.07) is 1.30. The molecule has 0 saturated carbocycles. The van der Waals surface area contributed by atoms with Crippen LogP contribution in [0.25, 0.3) is 0 Å². The first-order valence-corrected chi connectivity index (χ1v) is 9.78. The Morgan fingerprint density at radius 3 is 2.30 bits per heavy atom. The Balaban J connectivity index is 3.16. The molecule has 0 aromatic rings. The van der Waals surface area contributed by atoms with E-state index in [1.165, 1.54) is 12.5 Å². The lowest BCUT2D eigenvalue weighted by atomic mass is 10.6. The van der Waals surface area contributed by atoms with Gasteiger partial charge in [0.2, 0.25) is 0 Å². The van der Waals surface area contributed by atoms with E-state index in [1.807, 2.05) is 0 Å². The van der Waals surface area contributed by atoms with Gasteiger partial charge in [0.1, 0.15) is 0 Å². The van der Waals surface area contributed by atoms with Crippen molar-refractivity contribution in [3.05, 3.63) is 0 Å². The van der Waals surface area contributed by atoms with Crippen LogP contribution in [0.4, 0.5) is 0 Å². The summed E-state index contributed by atoms with van der Waals surface area (Å²) in [5.74, 6) is 1.01. The zero-order chi connectivity index (χ0) is 7.98. The van der Waals surface area contributed by atoms with E-state index < -0.39 is 18.1 Å². The van der Waals surface area contributed by atoms with Crippen molar-refractivity contribution >= 4 is 30.7 Å². The molecular formula is C6H18OSSi2. The molecule has 0 rings (SSSR count). The van der Waals surface area contributed by atoms with Crippen molar-refractivity contribution in [2.75, 3.05) is 5.75 Å². The average molecular weight is 194 g/mol. The third-order valence-corrected chi connectivity index (χ3v) is 6.85. The summed E-state index contributed by atoms with van der Waals surface area (Å²) in [6.45, 7) is 6.77. The van der Waals surface area contributed by atoms with Gasteiger partial charge in [0.25, 0.3) is 0 Å². The number of hydrogen-bond acceptors (Lipinski definition) is 2. The van der Waals surface area contributed by atoms with E-state index in [0.29, 0.717) is 0 Å². The minimum atomic E-state index is -0.765. The van der Waals surface area contributed by atoms with Gasteiger partial charge in [-0.3, -0.25) is 0 Å². The topological polar surface area (TPSA) is 9.23 Å². The largest absolute Gasteiger partial charge is 0.461 e. The molecule has 1 atom stereocenters. The van der Waals surface area contributed by atoms with Crippen molar-refractivity contribution < 1.29 is 4.12 Å². The van der Waals surface area contributed by atoms with Crippen LogP contribution < -0.4 is 0 Å². The van der Waals surface area contributed by atoms with Gasteiger partial charge in [0, 0.05) is 0 Å². The monoisotopic (exact) mass is 194 g/mol. The highest BCUT2D eigenvalue weighted by atomic mass is 32.1. The van der Waals surface area contributed by atoms with E-state index in [4.69, 9.17) is 4.12 Å². The second kappa shape index (κ2) is 6.45. The summed E-state index contributed by atoms with van der Waals surface area (Å²) in [5.41, 5.74) is 0. The fourth-order valence-corrected chi connectivity index (χ4v) is 6.48. The van der Waals surface area contributed by atoms with Crippen LogP contribution >= 0.6 is 12.6 Å². The molecule has 0 aliphatic rings. The molecule has 0 aromatic heterocycles. The summed E-state index contributed by atoms with van der Waals surface area (Å²) in [7, 11) is -1.50. The maximum atomic E-state index is 5.80. The molecule has 0 aliphatic carbocycles. The molecule has 0 N–H and O–H groups in total. The van der Waals surface area contributed by atoms with E-state index in [1.54, 1.807) is 0 Å². The molecule has 0 fully saturated rings. The lowest BCUT2D eigenvalue weighted by Crippen LogP contribution is -2.21. The lowest BCUT2D eigenvalue weighted by Gasteiger charge is -2.13. The van der Waals surface area contributed by atoms with Crippen LogP contribution in [0, 0.1) is 0 Å². The highest BCUT2D eigenvalue weighted by Crippen LogP contribution is 2.01. The molecule has 62 valence electrons. The first-order valence-electron chi connectivity index (χ1n) is 3.93. The highest BCUT2D eigenvalue weighted by Gasteiger charge is 2.05. The summed E-state index contributed by atoms with van der Waals surface area (Å²) in [5, 5.41) is 0. The summed E-state index contributed by atoms with van der Waals surface area (Å²) < 4.78 is 5.80. The maximum Gasteiger partial charge on any atom is 0.159 e. The molecule has 0 aliphatic heterocycles. The minimum Gasteiger partial charge on any atom is -0.461 e. The predicted octanol–water partition coefficient (Wildman–Crippen LogP) is 1.66. The van der Waals surface area contributed by atoms with Gasteiger partial charge in [-0.1, -0.05) is 0 Å². The predicted molar refractivity (Wildman–Crippen MR) is 56.3 cm³/mol. The molecule has 0 aromatic carbocycles. The van der Waals surface area contributed by atoms with Crippen LogP contribution in [0.3, 0.4) is 0 Å². The second-order valence-electron chi connectivity index (χ2n) is 2.86. The van der Waals surface area contributed by atoms with E-state index in [2.05, 4.69) is 32.3 Å². The molecular weight excluding hydrogens is 176 g/mol. The zero-order valence-electron chi connectivity index (χ0n) is 7.13. The molecule has 10 heavy (non-hydrogen) atoms. The van der Waals surface area contributed by atoms with Gasteiger partial charge >= 0.3 is 0 Å². The summed E-state index contributed by atoms with van der Waals surface area (Å²) >= 11 is 4.16. The molecule has 1 unspecified atom stereocenters. The van der Waals surface area contributed by atoms with E-state index in [-0.39, 0.29) is 0 Å². The van der Waals surface area contributed by atoms with Crippen LogP contribution in [0.15, 0.2) is 0 Å². The van der Waals surface area contributed by atoms with Gasteiger partial charge < -0.3 is 4.12 Å².